The van der Waals surface area contributed by atoms with Gasteiger partial charge in [-0.15, -0.1) is 0 Å². The molecular weight excluding hydrogens is 376 g/mol. The van der Waals surface area contributed by atoms with Crippen molar-refractivity contribution in [1.29, 1.82) is 0 Å². The Kier molecular flexibility index (Phi) is 5.23. The van der Waals surface area contributed by atoms with E-state index in [1.165, 1.54) is 27.6 Å². The van der Waals surface area contributed by atoms with E-state index in [-0.39, 0.29) is 16.8 Å². The summed E-state index contributed by atoms with van der Waals surface area (Å²) >= 11 is 0. The topological polar surface area (TPSA) is 66.9 Å². The van der Waals surface area contributed by atoms with Crippen LogP contribution in [0.4, 0.5) is 0 Å². The van der Waals surface area contributed by atoms with Crippen LogP contribution in [0.3, 0.4) is 0 Å². The van der Waals surface area contributed by atoms with Crippen molar-refractivity contribution in [2.24, 2.45) is 0 Å². The summed E-state index contributed by atoms with van der Waals surface area (Å²) in [6.07, 6.45) is 1.88. The molecule has 0 bridgehead atoms. The molecule has 1 fully saturated rings. The minimum absolute atomic E-state index is 0.0560. The Morgan fingerprint density at radius 3 is 2.46 bits per heavy atom. The maximum absolute atomic E-state index is 13.0. The van der Waals surface area contributed by atoms with Crippen LogP contribution >= 0.6 is 0 Å². The minimum Gasteiger partial charge on any atom is -0.379 e. The standard InChI is InChI=1S/C21H24N2O4S/c1-22(20-11-8-16-4-2-3-5-19(16)20)21(24)17-6-9-18(10-7-17)28(25,26)23-12-14-27-15-13-23/h2-7,9-10,20H,8,11-15H2,1H3/t20-/m1/s1. The fourth-order valence-electron chi connectivity index (χ4n) is 3.99. The van der Waals surface area contributed by atoms with Crippen LogP contribution in [0.5, 0.6) is 0 Å². The van der Waals surface area contributed by atoms with E-state index in [2.05, 4.69) is 12.1 Å². The summed E-state index contributed by atoms with van der Waals surface area (Å²) in [5, 5.41) is 0. The first kappa shape index (κ1) is 19.1. The van der Waals surface area contributed by atoms with Crippen molar-refractivity contribution >= 4 is 15.9 Å². The number of morpholine rings is 1. The van der Waals surface area contributed by atoms with Crippen LogP contribution in [0.1, 0.15) is 33.9 Å². The molecular formula is C21H24N2O4S. The summed E-state index contributed by atoms with van der Waals surface area (Å²) in [4.78, 5) is 14.9. The van der Waals surface area contributed by atoms with Crippen LogP contribution in [0, 0.1) is 0 Å². The molecule has 2 aromatic carbocycles. The molecule has 28 heavy (non-hydrogen) atoms. The van der Waals surface area contributed by atoms with Crippen molar-refractivity contribution in [2.75, 3.05) is 33.4 Å². The number of hydrogen-bond donors (Lipinski definition) is 0. The van der Waals surface area contributed by atoms with Crippen LogP contribution in [0.15, 0.2) is 53.4 Å². The molecule has 1 saturated heterocycles. The van der Waals surface area contributed by atoms with Gasteiger partial charge in [0.15, 0.2) is 0 Å². The van der Waals surface area contributed by atoms with E-state index in [0.29, 0.717) is 31.9 Å². The predicted octanol–water partition coefficient (Wildman–Crippen LogP) is 2.47. The maximum Gasteiger partial charge on any atom is 0.254 e. The number of benzene rings is 2. The molecule has 1 aliphatic heterocycles. The van der Waals surface area contributed by atoms with Crippen molar-refractivity contribution < 1.29 is 17.9 Å². The number of ether oxygens (including phenoxy) is 1. The van der Waals surface area contributed by atoms with Gasteiger partial charge >= 0.3 is 0 Å². The number of nitrogens with zero attached hydrogens (tertiary/aromatic N) is 2. The molecule has 7 heteroatoms. The fraction of sp³-hybridized carbons (Fsp3) is 0.381. The second-order valence-corrected chi connectivity index (χ2v) is 9.15. The van der Waals surface area contributed by atoms with Gasteiger partial charge in [-0.2, -0.15) is 4.31 Å². The summed E-state index contributed by atoms with van der Waals surface area (Å²) in [5.74, 6) is -0.1000. The van der Waals surface area contributed by atoms with E-state index in [9.17, 15) is 13.2 Å². The average Bonchev–Trinajstić information content (AvgIpc) is 3.17. The van der Waals surface area contributed by atoms with Crippen molar-refractivity contribution in [2.45, 2.75) is 23.8 Å². The SMILES string of the molecule is CN(C(=O)c1ccc(S(=O)(=O)N2CCOCC2)cc1)[C@@H]1CCc2ccccc21. The third-order valence-electron chi connectivity index (χ3n) is 5.60. The van der Waals surface area contributed by atoms with Gasteiger partial charge in [-0.05, 0) is 48.2 Å². The molecule has 0 saturated carbocycles. The van der Waals surface area contributed by atoms with E-state index < -0.39 is 10.0 Å². The van der Waals surface area contributed by atoms with Gasteiger partial charge in [0, 0.05) is 25.7 Å². The van der Waals surface area contributed by atoms with Gasteiger partial charge in [0.25, 0.3) is 5.91 Å². The lowest BCUT2D eigenvalue weighted by atomic mass is 10.1. The lowest BCUT2D eigenvalue weighted by molar-refractivity contribution is 0.0729. The molecule has 2 aliphatic rings. The zero-order valence-electron chi connectivity index (χ0n) is 15.9. The number of fused-ring (bicyclic) bond motifs is 1. The van der Waals surface area contributed by atoms with E-state index in [1.54, 1.807) is 17.0 Å². The Morgan fingerprint density at radius 2 is 1.75 bits per heavy atom. The fourth-order valence-corrected chi connectivity index (χ4v) is 5.40. The van der Waals surface area contributed by atoms with Crippen molar-refractivity contribution in [3.63, 3.8) is 0 Å². The first-order valence-electron chi connectivity index (χ1n) is 9.51. The number of carbonyl (C=O) groups excluding carboxylic acids is 1. The van der Waals surface area contributed by atoms with Gasteiger partial charge < -0.3 is 9.64 Å². The third kappa shape index (κ3) is 3.45. The van der Waals surface area contributed by atoms with Crippen LogP contribution in [-0.4, -0.2) is 56.9 Å². The number of amides is 1. The Bertz CT molecular complexity index is 966. The van der Waals surface area contributed by atoms with E-state index in [4.69, 9.17) is 4.74 Å². The Labute approximate surface area is 165 Å². The normalized spacial score (nSPS) is 20.0. The highest BCUT2D eigenvalue weighted by atomic mass is 32.2. The highest BCUT2D eigenvalue weighted by Crippen LogP contribution is 2.35. The largest absolute Gasteiger partial charge is 0.379 e. The molecule has 0 spiro atoms. The number of rotatable bonds is 4. The van der Waals surface area contributed by atoms with E-state index in [0.717, 1.165) is 12.8 Å². The molecule has 2 aromatic rings. The number of hydrogen-bond acceptors (Lipinski definition) is 4. The monoisotopic (exact) mass is 400 g/mol. The predicted molar refractivity (Wildman–Crippen MR) is 106 cm³/mol. The van der Waals surface area contributed by atoms with Crippen molar-refractivity contribution in [3.8, 4) is 0 Å². The lowest BCUT2D eigenvalue weighted by Gasteiger charge is -2.27. The van der Waals surface area contributed by atoms with Gasteiger partial charge in [-0.25, -0.2) is 8.42 Å². The third-order valence-corrected chi connectivity index (χ3v) is 7.51. The van der Waals surface area contributed by atoms with Gasteiger partial charge in [-0.3, -0.25) is 4.79 Å². The second kappa shape index (κ2) is 7.66. The van der Waals surface area contributed by atoms with E-state index in [1.807, 2.05) is 19.2 Å². The van der Waals surface area contributed by atoms with Crippen LogP contribution < -0.4 is 0 Å². The first-order chi connectivity index (χ1) is 13.5. The lowest BCUT2D eigenvalue weighted by Crippen LogP contribution is -2.40. The highest BCUT2D eigenvalue weighted by Gasteiger charge is 2.30. The van der Waals surface area contributed by atoms with Gasteiger partial charge in [0.2, 0.25) is 10.0 Å². The second-order valence-electron chi connectivity index (χ2n) is 7.21. The molecule has 4 rings (SSSR count). The van der Waals surface area contributed by atoms with Crippen LogP contribution in [-0.2, 0) is 21.2 Å². The summed E-state index contributed by atoms with van der Waals surface area (Å²) in [6, 6.07) is 14.5. The molecule has 1 heterocycles. The molecule has 148 valence electrons. The van der Waals surface area contributed by atoms with E-state index >= 15 is 0 Å². The summed E-state index contributed by atoms with van der Waals surface area (Å²) < 4.78 is 32.1. The minimum atomic E-state index is -3.55. The number of carbonyl (C=O) groups is 1. The van der Waals surface area contributed by atoms with Gasteiger partial charge in [0.05, 0.1) is 24.2 Å². The van der Waals surface area contributed by atoms with Crippen molar-refractivity contribution in [1.82, 2.24) is 9.21 Å². The molecule has 0 aromatic heterocycles. The molecule has 1 amide bonds. The van der Waals surface area contributed by atoms with Crippen molar-refractivity contribution in [3.05, 3.63) is 65.2 Å². The van der Waals surface area contributed by atoms with Gasteiger partial charge in [0.1, 0.15) is 0 Å². The maximum atomic E-state index is 13.0. The van der Waals surface area contributed by atoms with Crippen LogP contribution in [0.25, 0.3) is 0 Å². The molecule has 1 aliphatic carbocycles. The highest BCUT2D eigenvalue weighted by molar-refractivity contribution is 7.89. The molecule has 1 atom stereocenters. The number of aryl methyl sites for hydroxylation is 1. The smallest absolute Gasteiger partial charge is 0.254 e. The average molecular weight is 401 g/mol. The Balaban J connectivity index is 1.51. The Hall–Kier alpha value is -2.22. The Morgan fingerprint density at radius 1 is 1.07 bits per heavy atom. The molecule has 0 unspecified atom stereocenters. The first-order valence-corrected chi connectivity index (χ1v) is 11.0. The van der Waals surface area contributed by atoms with Gasteiger partial charge in [-0.1, -0.05) is 24.3 Å². The molecule has 6 nitrogen and oxygen atoms in total. The molecule has 0 radical (unpaired) electrons. The quantitative estimate of drug-likeness (QED) is 0.791. The zero-order chi connectivity index (χ0) is 19.7. The van der Waals surface area contributed by atoms with Crippen LogP contribution in [0.2, 0.25) is 0 Å². The summed E-state index contributed by atoms with van der Waals surface area (Å²) in [6.45, 7) is 1.52. The summed E-state index contributed by atoms with van der Waals surface area (Å²) in [7, 11) is -1.74. The molecule has 0 N–H and O–H groups in total. The number of sulfonamides is 1. The zero-order valence-corrected chi connectivity index (χ0v) is 16.7. The summed E-state index contributed by atoms with van der Waals surface area (Å²) in [5.41, 5.74) is 2.98.